The summed E-state index contributed by atoms with van der Waals surface area (Å²) >= 11 is 0. The molecule has 0 aliphatic heterocycles. The number of phenols is 1. The predicted octanol–water partition coefficient (Wildman–Crippen LogP) is 0.584. The summed E-state index contributed by atoms with van der Waals surface area (Å²) < 4.78 is 21.3. The van der Waals surface area contributed by atoms with Gasteiger partial charge in [0.1, 0.15) is 5.75 Å². The van der Waals surface area contributed by atoms with E-state index in [0.29, 0.717) is 5.56 Å². The van der Waals surface area contributed by atoms with Crippen LogP contribution in [0.3, 0.4) is 0 Å². The van der Waals surface area contributed by atoms with E-state index in [1.54, 1.807) is 18.2 Å². The first-order valence-corrected chi connectivity index (χ1v) is 6.07. The molecule has 0 unspecified atom stereocenters. The summed E-state index contributed by atoms with van der Waals surface area (Å²) in [5.74, 6) is 0.0639. The first kappa shape index (κ1) is 11.5. The predicted molar refractivity (Wildman–Crippen MR) is 58.4 cm³/mol. The molecule has 1 aromatic rings. The molecule has 0 bridgehead atoms. The van der Waals surface area contributed by atoms with Crippen molar-refractivity contribution in [1.82, 2.24) is 4.83 Å². The van der Waals surface area contributed by atoms with Crippen molar-refractivity contribution in [1.29, 1.82) is 0 Å². The molecular formula is C9H12N2O3S. The molecule has 0 aromatic heterocycles. The maximum absolute atomic E-state index is 10.7. The van der Waals surface area contributed by atoms with Gasteiger partial charge in [0.2, 0.25) is 10.0 Å². The lowest BCUT2D eigenvalue weighted by atomic mass is 10.1. The van der Waals surface area contributed by atoms with Crippen LogP contribution in [0.4, 0.5) is 0 Å². The van der Waals surface area contributed by atoms with Crippen molar-refractivity contribution in [2.24, 2.45) is 5.10 Å². The molecular weight excluding hydrogens is 216 g/mol. The van der Waals surface area contributed by atoms with E-state index in [9.17, 15) is 13.5 Å². The van der Waals surface area contributed by atoms with Gasteiger partial charge in [-0.05, 0) is 24.6 Å². The molecule has 0 atom stereocenters. The second-order valence-corrected chi connectivity index (χ2v) is 4.91. The van der Waals surface area contributed by atoms with Crippen molar-refractivity contribution < 1.29 is 13.5 Å². The van der Waals surface area contributed by atoms with Gasteiger partial charge < -0.3 is 5.11 Å². The molecule has 5 nitrogen and oxygen atoms in total. The number of nitrogens with zero attached hydrogens (tertiary/aromatic N) is 1. The average Bonchev–Trinajstić information content (AvgIpc) is 2.07. The van der Waals surface area contributed by atoms with Gasteiger partial charge in [0.25, 0.3) is 0 Å². The van der Waals surface area contributed by atoms with Crippen LogP contribution in [-0.2, 0) is 10.0 Å². The molecule has 1 aromatic carbocycles. The smallest absolute Gasteiger partial charge is 0.244 e. The quantitative estimate of drug-likeness (QED) is 0.587. The Bertz CT molecular complexity index is 480. The second-order valence-electron chi connectivity index (χ2n) is 3.18. The maximum atomic E-state index is 10.7. The third-order valence-corrected chi connectivity index (χ3v) is 2.05. The van der Waals surface area contributed by atoms with E-state index in [4.69, 9.17) is 0 Å². The molecule has 2 N–H and O–H groups in total. The Labute approximate surface area is 88.5 Å². The number of benzene rings is 1. The highest BCUT2D eigenvalue weighted by molar-refractivity contribution is 7.88. The van der Waals surface area contributed by atoms with Crippen LogP contribution < -0.4 is 4.83 Å². The van der Waals surface area contributed by atoms with Gasteiger partial charge in [0.15, 0.2) is 0 Å². The Morgan fingerprint density at radius 2 is 2.13 bits per heavy atom. The summed E-state index contributed by atoms with van der Waals surface area (Å²) in [5.41, 5.74) is 1.37. The van der Waals surface area contributed by atoms with Crippen molar-refractivity contribution in [3.63, 3.8) is 0 Å². The van der Waals surface area contributed by atoms with Gasteiger partial charge in [0.05, 0.1) is 12.5 Å². The average molecular weight is 228 g/mol. The van der Waals surface area contributed by atoms with Crippen LogP contribution in [0.2, 0.25) is 0 Å². The molecule has 0 fully saturated rings. The highest BCUT2D eigenvalue weighted by Crippen LogP contribution is 2.15. The van der Waals surface area contributed by atoms with E-state index < -0.39 is 10.0 Å². The van der Waals surface area contributed by atoms with E-state index >= 15 is 0 Å². The monoisotopic (exact) mass is 228 g/mol. The van der Waals surface area contributed by atoms with Crippen LogP contribution in [0.15, 0.2) is 23.3 Å². The van der Waals surface area contributed by atoms with Gasteiger partial charge >= 0.3 is 0 Å². The van der Waals surface area contributed by atoms with E-state index in [1.165, 1.54) is 6.21 Å². The fourth-order valence-electron chi connectivity index (χ4n) is 0.955. The summed E-state index contributed by atoms with van der Waals surface area (Å²) in [6.07, 6.45) is 2.25. The molecule has 0 heterocycles. The first-order chi connectivity index (χ1) is 6.88. The molecule has 0 saturated heterocycles. The third-order valence-electron chi connectivity index (χ3n) is 1.61. The summed E-state index contributed by atoms with van der Waals surface area (Å²) in [7, 11) is -3.34. The molecule has 0 radical (unpaired) electrons. The van der Waals surface area contributed by atoms with Crippen LogP contribution in [-0.4, -0.2) is 26.0 Å². The van der Waals surface area contributed by atoms with E-state index in [-0.39, 0.29) is 5.75 Å². The Balaban J connectivity index is 2.82. The molecule has 0 aliphatic carbocycles. The number of hydrogen-bond donors (Lipinski definition) is 2. The Kier molecular flexibility index (Phi) is 3.31. The lowest BCUT2D eigenvalue weighted by Crippen LogP contribution is -2.15. The molecule has 0 amide bonds. The minimum absolute atomic E-state index is 0.0639. The van der Waals surface area contributed by atoms with Crippen molar-refractivity contribution in [2.45, 2.75) is 6.92 Å². The molecule has 15 heavy (non-hydrogen) atoms. The summed E-state index contributed by atoms with van der Waals surface area (Å²) in [5, 5.41) is 12.9. The number of sulfonamides is 1. The van der Waals surface area contributed by atoms with Crippen molar-refractivity contribution in [3.8, 4) is 5.75 Å². The van der Waals surface area contributed by atoms with E-state index in [2.05, 4.69) is 5.10 Å². The van der Waals surface area contributed by atoms with Gasteiger partial charge in [0, 0.05) is 5.56 Å². The third kappa shape index (κ3) is 3.99. The number of rotatable bonds is 3. The van der Waals surface area contributed by atoms with Crippen LogP contribution in [0.1, 0.15) is 11.1 Å². The zero-order valence-corrected chi connectivity index (χ0v) is 9.25. The number of aromatic hydroxyl groups is 1. The maximum Gasteiger partial charge on any atom is 0.244 e. The number of aryl methyl sites for hydroxylation is 1. The zero-order valence-electron chi connectivity index (χ0n) is 8.43. The van der Waals surface area contributed by atoms with Crippen molar-refractivity contribution in [2.75, 3.05) is 6.26 Å². The molecule has 1 rings (SSSR count). The van der Waals surface area contributed by atoms with Crippen LogP contribution >= 0.6 is 0 Å². The van der Waals surface area contributed by atoms with Gasteiger partial charge in [-0.25, -0.2) is 13.2 Å². The van der Waals surface area contributed by atoms with Gasteiger partial charge in [-0.15, -0.1) is 0 Å². The lowest BCUT2D eigenvalue weighted by Gasteiger charge is -1.99. The summed E-state index contributed by atoms with van der Waals surface area (Å²) in [6.45, 7) is 1.84. The fourth-order valence-corrected chi connectivity index (χ4v) is 1.20. The van der Waals surface area contributed by atoms with Gasteiger partial charge in [-0.2, -0.15) is 5.10 Å². The summed E-state index contributed by atoms with van der Waals surface area (Å²) in [4.78, 5) is 1.94. The van der Waals surface area contributed by atoms with Crippen LogP contribution in [0.5, 0.6) is 5.75 Å². The largest absolute Gasteiger partial charge is 0.507 e. The first-order valence-electron chi connectivity index (χ1n) is 4.18. The number of hydrogen-bond acceptors (Lipinski definition) is 4. The second kappa shape index (κ2) is 4.31. The molecule has 0 saturated carbocycles. The van der Waals surface area contributed by atoms with Crippen molar-refractivity contribution >= 4 is 16.2 Å². The number of phenolic OH excluding ortho intramolecular Hbond substituents is 1. The minimum Gasteiger partial charge on any atom is -0.507 e. The van der Waals surface area contributed by atoms with E-state index in [1.807, 2.05) is 11.8 Å². The Morgan fingerprint density at radius 3 is 2.67 bits per heavy atom. The molecule has 0 aliphatic rings. The zero-order chi connectivity index (χ0) is 11.5. The topological polar surface area (TPSA) is 78.8 Å². The highest BCUT2D eigenvalue weighted by Gasteiger charge is 1.98. The SMILES string of the molecule is Cc1ccc(/C=N/NS(C)(=O)=O)c(O)c1. The molecule has 0 spiro atoms. The van der Waals surface area contributed by atoms with Crippen LogP contribution in [0.25, 0.3) is 0 Å². The Hall–Kier alpha value is -1.56. The Morgan fingerprint density at radius 1 is 1.47 bits per heavy atom. The van der Waals surface area contributed by atoms with Gasteiger partial charge in [-0.1, -0.05) is 6.07 Å². The van der Waals surface area contributed by atoms with E-state index in [0.717, 1.165) is 11.8 Å². The van der Waals surface area contributed by atoms with Gasteiger partial charge in [-0.3, -0.25) is 0 Å². The molecule has 6 heteroatoms. The normalized spacial score (nSPS) is 11.9. The molecule has 82 valence electrons. The minimum atomic E-state index is -3.34. The van der Waals surface area contributed by atoms with Crippen LogP contribution in [0, 0.1) is 6.92 Å². The number of nitrogens with one attached hydrogen (secondary N) is 1. The standard InChI is InChI=1S/C9H12N2O3S/c1-7-3-4-8(9(12)5-7)6-10-11-15(2,13)14/h3-6,11-12H,1-2H3/b10-6+. The lowest BCUT2D eigenvalue weighted by molar-refractivity contribution is 0.474. The van der Waals surface area contributed by atoms with Crippen molar-refractivity contribution in [3.05, 3.63) is 29.3 Å². The highest BCUT2D eigenvalue weighted by atomic mass is 32.2. The fraction of sp³-hybridized carbons (Fsp3) is 0.222. The number of hydrazone groups is 1. The summed E-state index contributed by atoms with van der Waals surface area (Å²) in [6, 6.07) is 5.02.